The minimum absolute atomic E-state index is 0.0229. The Morgan fingerprint density at radius 3 is 2.26 bits per heavy atom. The van der Waals surface area contributed by atoms with Crippen molar-refractivity contribution in [3.63, 3.8) is 0 Å². The van der Waals surface area contributed by atoms with Gasteiger partial charge in [-0.3, -0.25) is 4.79 Å². The lowest BCUT2D eigenvalue weighted by Gasteiger charge is -2.15. The molecule has 2 aromatic carbocycles. The van der Waals surface area contributed by atoms with Crippen molar-refractivity contribution in [2.24, 2.45) is 0 Å². The van der Waals surface area contributed by atoms with Gasteiger partial charge in [0.05, 0.1) is 13.2 Å². The summed E-state index contributed by atoms with van der Waals surface area (Å²) in [6.07, 6.45) is 1.46. The molecule has 0 radical (unpaired) electrons. The van der Waals surface area contributed by atoms with Crippen molar-refractivity contribution >= 4 is 11.6 Å². The van der Waals surface area contributed by atoms with Crippen molar-refractivity contribution in [1.29, 1.82) is 5.26 Å². The molecule has 27 heavy (non-hydrogen) atoms. The smallest absolute Gasteiger partial charge is 0.263 e. The lowest BCUT2D eigenvalue weighted by molar-refractivity contribution is -0.117. The van der Waals surface area contributed by atoms with E-state index >= 15 is 0 Å². The second-order valence-corrected chi connectivity index (χ2v) is 6.56. The van der Waals surface area contributed by atoms with Gasteiger partial charge in [-0.25, -0.2) is 0 Å². The maximum absolute atomic E-state index is 12.5. The van der Waals surface area contributed by atoms with Crippen molar-refractivity contribution in [1.82, 2.24) is 5.32 Å². The number of carbonyl (C=O) groups is 1. The van der Waals surface area contributed by atoms with Crippen LogP contribution in [0.25, 0.3) is 0 Å². The molecule has 2 N–H and O–H groups in total. The number of hydrogen-bond acceptors (Lipinski definition) is 4. The Labute approximate surface area is 160 Å². The third-order valence-electron chi connectivity index (χ3n) is 4.37. The van der Waals surface area contributed by atoms with Crippen LogP contribution in [0.15, 0.2) is 48.2 Å². The van der Waals surface area contributed by atoms with E-state index in [-0.39, 0.29) is 11.6 Å². The second-order valence-electron chi connectivity index (χ2n) is 6.56. The number of ether oxygens (including phenoxy) is 1. The molecule has 140 valence electrons. The van der Waals surface area contributed by atoms with Crippen molar-refractivity contribution < 1.29 is 9.53 Å². The van der Waals surface area contributed by atoms with E-state index in [0.29, 0.717) is 0 Å². The quantitative estimate of drug-likeness (QED) is 0.592. The predicted octanol–water partition coefficient (Wildman–Crippen LogP) is 4.32. The summed E-state index contributed by atoms with van der Waals surface area (Å²) in [7, 11) is 1.61. The van der Waals surface area contributed by atoms with E-state index in [9.17, 15) is 10.1 Å². The molecule has 5 heteroatoms. The van der Waals surface area contributed by atoms with Crippen LogP contribution in [-0.2, 0) is 4.79 Å². The number of nitrogens with zero attached hydrogens (tertiary/aromatic N) is 1. The highest BCUT2D eigenvalue weighted by Gasteiger charge is 2.14. The number of benzene rings is 2. The van der Waals surface area contributed by atoms with Crippen molar-refractivity contribution in [2.75, 3.05) is 12.4 Å². The van der Waals surface area contributed by atoms with Crippen LogP contribution in [0, 0.1) is 32.1 Å². The molecule has 0 bridgehead atoms. The van der Waals surface area contributed by atoms with Gasteiger partial charge in [0.15, 0.2) is 0 Å². The molecule has 1 amide bonds. The molecule has 0 fully saturated rings. The van der Waals surface area contributed by atoms with Gasteiger partial charge in [-0.2, -0.15) is 5.26 Å². The Morgan fingerprint density at radius 2 is 1.74 bits per heavy atom. The molecule has 0 aromatic heterocycles. The number of nitriles is 1. The van der Waals surface area contributed by atoms with Crippen LogP contribution in [0.5, 0.6) is 5.75 Å². The fraction of sp³-hybridized carbons (Fsp3) is 0.273. The lowest BCUT2D eigenvalue weighted by Crippen LogP contribution is -2.28. The topological polar surface area (TPSA) is 74.1 Å². The van der Waals surface area contributed by atoms with Crippen LogP contribution in [0.3, 0.4) is 0 Å². The Kier molecular flexibility index (Phi) is 6.62. The van der Waals surface area contributed by atoms with Gasteiger partial charge < -0.3 is 15.4 Å². The monoisotopic (exact) mass is 363 g/mol. The highest BCUT2D eigenvalue weighted by molar-refractivity contribution is 5.97. The normalized spacial score (nSPS) is 12.1. The molecular formula is C22H25N3O2. The average molecular weight is 363 g/mol. The molecule has 0 saturated carbocycles. The minimum atomic E-state index is -0.421. The van der Waals surface area contributed by atoms with Gasteiger partial charge in [0.1, 0.15) is 17.4 Å². The Bertz CT molecular complexity index is 870. The highest BCUT2D eigenvalue weighted by atomic mass is 16.5. The lowest BCUT2D eigenvalue weighted by atomic mass is 10.1. The first-order chi connectivity index (χ1) is 12.8. The van der Waals surface area contributed by atoms with Gasteiger partial charge in [-0.1, -0.05) is 29.8 Å². The summed E-state index contributed by atoms with van der Waals surface area (Å²) in [4.78, 5) is 12.5. The second kappa shape index (κ2) is 8.91. The van der Waals surface area contributed by atoms with Crippen LogP contribution >= 0.6 is 0 Å². The minimum Gasteiger partial charge on any atom is -0.497 e. The van der Waals surface area contributed by atoms with E-state index in [1.807, 2.05) is 58.0 Å². The Balaban J connectivity index is 2.11. The van der Waals surface area contributed by atoms with Crippen LogP contribution in [-0.4, -0.2) is 13.0 Å². The number of hydrogen-bond donors (Lipinski definition) is 2. The summed E-state index contributed by atoms with van der Waals surface area (Å²) in [5, 5.41) is 15.3. The summed E-state index contributed by atoms with van der Waals surface area (Å²) in [6.45, 7) is 7.90. The number of amides is 1. The third kappa shape index (κ3) is 5.11. The van der Waals surface area contributed by atoms with Crippen LogP contribution < -0.4 is 15.4 Å². The number of anilines is 1. The average Bonchev–Trinajstić information content (AvgIpc) is 2.63. The summed E-state index contributed by atoms with van der Waals surface area (Å²) in [5.74, 6) is 0.332. The van der Waals surface area contributed by atoms with E-state index in [1.165, 1.54) is 11.8 Å². The van der Waals surface area contributed by atoms with E-state index in [2.05, 4.69) is 22.8 Å². The van der Waals surface area contributed by atoms with E-state index in [4.69, 9.17) is 4.74 Å². The first-order valence-corrected chi connectivity index (χ1v) is 8.75. The molecule has 2 aromatic rings. The van der Waals surface area contributed by atoms with Gasteiger partial charge in [0, 0.05) is 11.9 Å². The third-order valence-corrected chi connectivity index (χ3v) is 4.37. The van der Waals surface area contributed by atoms with Crippen LogP contribution in [0.2, 0.25) is 0 Å². The highest BCUT2D eigenvalue weighted by Crippen LogP contribution is 2.22. The number of methoxy groups -OCH3 is 1. The number of nitrogens with one attached hydrogen (secondary N) is 2. The molecule has 1 atom stereocenters. The van der Waals surface area contributed by atoms with Crippen molar-refractivity contribution in [2.45, 2.75) is 33.7 Å². The standard InChI is InChI=1S/C22H25N3O2/c1-14-10-15(2)21(16(3)11-14)24-13-19(12-23)22(26)25-17(4)18-6-8-20(27-5)9-7-18/h6-11,13,17,24H,1-5H3,(H,25,26)/b19-13-. The molecule has 0 aliphatic rings. The summed E-state index contributed by atoms with van der Waals surface area (Å²) in [6, 6.07) is 13.3. The van der Waals surface area contributed by atoms with Gasteiger partial charge in [0.25, 0.3) is 5.91 Å². The Hall–Kier alpha value is -3.26. The number of carbonyl (C=O) groups excluding carboxylic acids is 1. The summed E-state index contributed by atoms with van der Waals surface area (Å²) in [5.41, 5.74) is 5.16. The zero-order chi connectivity index (χ0) is 20.0. The predicted molar refractivity (Wildman–Crippen MR) is 108 cm³/mol. The summed E-state index contributed by atoms with van der Waals surface area (Å²) >= 11 is 0. The molecule has 0 saturated heterocycles. The number of aryl methyl sites for hydroxylation is 3. The fourth-order valence-electron chi connectivity index (χ4n) is 2.95. The Morgan fingerprint density at radius 1 is 1.15 bits per heavy atom. The van der Waals surface area contributed by atoms with Gasteiger partial charge in [0.2, 0.25) is 0 Å². The van der Waals surface area contributed by atoms with E-state index < -0.39 is 5.91 Å². The first kappa shape index (κ1) is 20.1. The summed E-state index contributed by atoms with van der Waals surface area (Å²) < 4.78 is 5.14. The zero-order valence-electron chi connectivity index (χ0n) is 16.4. The van der Waals surface area contributed by atoms with Crippen LogP contribution in [0.4, 0.5) is 5.69 Å². The van der Waals surface area contributed by atoms with E-state index in [1.54, 1.807) is 7.11 Å². The van der Waals surface area contributed by atoms with E-state index in [0.717, 1.165) is 28.1 Å². The molecule has 0 spiro atoms. The molecule has 5 nitrogen and oxygen atoms in total. The largest absolute Gasteiger partial charge is 0.497 e. The molecule has 2 rings (SSSR count). The maximum Gasteiger partial charge on any atom is 0.263 e. The van der Waals surface area contributed by atoms with Gasteiger partial charge >= 0.3 is 0 Å². The fourth-order valence-corrected chi connectivity index (χ4v) is 2.95. The first-order valence-electron chi connectivity index (χ1n) is 8.75. The molecule has 0 aliphatic heterocycles. The SMILES string of the molecule is COc1ccc(C(C)NC(=O)/C(C#N)=C\Nc2c(C)cc(C)cc2C)cc1. The van der Waals surface area contributed by atoms with Crippen molar-refractivity contribution in [3.05, 3.63) is 70.4 Å². The molecule has 0 heterocycles. The number of rotatable bonds is 6. The van der Waals surface area contributed by atoms with Crippen molar-refractivity contribution in [3.8, 4) is 11.8 Å². The molecule has 0 aliphatic carbocycles. The van der Waals surface area contributed by atoms with Gasteiger partial charge in [-0.05, 0) is 56.5 Å². The maximum atomic E-state index is 12.5. The zero-order valence-corrected chi connectivity index (χ0v) is 16.4. The molecular weight excluding hydrogens is 338 g/mol. The molecule has 1 unspecified atom stereocenters. The van der Waals surface area contributed by atoms with Crippen LogP contribution in [0.1, 0.15) is 35.2 Å². The van der Waals surface area contributed by atoms with Gasteiger partial charge in [-0.15, -0.1) is 0 Å².